The largest absolute Gasteiger partial charge is 0.214 e. The highest BCUT2D eigenvalue weighted by molar-refractivity contribution is 9.09. The van der Waals surface area contributed by atoms with Crippen LogP contribution >= 0.6 is 15.9 Å². The maximum atomic E-state index is 12.3. The molecule has 1 aliphatic carbocycles. The van der Waals surface area contributed by atoms with Gasteiger partial charge in [0.05, 0.1) is 5.75 Å². The topological polar surface area (TPSA) is 37.4 Å². The molecule has 3 nitrogen and oxygen atoms in total. The number of rotatable bonds is 7. The minimum absolute atomic E-state index is 0.254. The molecule has 0 radical (unpaired) electrons. The van der Waals surface area contributed by atoms with Crippen molar-refractivity contribution >= 4 is 26.0 Å². The van der Waals surface area contributed by atoms with Crippen molar-refractivity contribution in [2.45, 2.75) is 52.0 Å². The van der Waals surface area contributed by atoms with Gasteiger partial charge in [0, 0.05) is 17.9 Å². The Morgan fingerprint density at radius 2 is 1.88 bits per heavy atom. The summed E-state index contributed by atoms with van der Waals surface area (Å²) in [7, 11) is -3.06. The summed E-state index contributed by atoms with van der Waals surface area (Å²) in [6, 6.07) is 0.254. The molecule has 5 heteroatoms. The molecule has 1 fully saturated rings. The molecule has 0 amide bonds. The summed E-state index contributed by atoms with van der Waals surface area (Å²) in [6.45, 7) is 4.75. The molecular weight excluding hydrogens is 302 g/mol. The van der Waals surface area contributed by atoms with E-state index in [4.69, 9.17) is 0 Å². The molecule has 0 aliphatic heterocycles. The molecule has 0 heterocycles. The lowest BCUT2D eigenvalue weighted by Gasteiger charge is -2.27. The maximum absolute atomic E-state index is 12.3. The van der Waals surface area contributed by atoms with Gasteiger partial charge in [0.25, 0.3) is 0 Å². The summed E-state index contributed by atoms with van der Waals surface area (Å²) in [5.41, 5.74) is 0. The van der Waals surface area contributed by atoms with Gasteiger partial charge in [0.1, 0.15) is 0 Å². The van der Waals surface area contributed by atoms with E-state index in [1.165, 1.54) is 12.8 Å². The molecule has 1 rings (SSSR count). The third-order valence-electron chi connectivity index (χ3n) is 3.35. The van der Waals surface area contributed by atoms with Crippen LogP contribution in [0.15, 0.2) is 0 Å². The highest BCUT2D eigenvalue weighted by Gasteiger charge is 2.31. The number of hydrogen-bond donors (Lipinski definition) is 0. The quantitative estimate of drug-likeness (QED) is 0.675. The zero-order valence-electron chi connectivity index (χ0n) is 10.9. The molecule has 0 atom stereocenters. The van der Waals surface area contributed by atoms with E-state index in [0.29, 0.717) is 18.2 Å². The van der Waals surface area contributed by atoms with Crippen molar-refractivity contribution in [1.29, 1.82) is 0 Å². The van der Waals surface area contributed by atoms with Crippen LogP contribution in [0.4, 0.5) is 0 Å². The minimum atomic E-state index is -3.06. The average Bonchev–Trinajstić information content (AvgIpc) is 2.76. The normalized spacial score (nSPS) is 18.4. The summed E-state index contributed by atoms with van der Waals surface area (Å²) in [4.78, 5) is 0. The Balaban J connectivity index is 2.67. The molecule has 0 aromatic rings. The Bertz CT molecular complexity index is 310. The first-order valence-corrected chi connectivity index (χ1v) is 9.26. The van der Waals surface area contributed by atoms with Crippen molar-refractivity contribution in [3.05, 3.63) is 0 Å². The van der Waals surface area contributed by atoms with Crippen LogP contribution in [0.25, 0.3) is 0 Å². The van der Waals surface area contributed by atoms with E-state index in [1.807, 2.05) is 0 Å². The Kier molecular flexibility index (Phi) is 6.45. The first-order valence-electron chi connectivity index (χ1n) is 6.53. The predicted molar refractivity (Wildman–Crippen MR) is 76.0 cm³/mol. The predicted octanol–water partition coefficient (Wildman–Crippen LogP) is 3.00. The van der Waals surface area contributed by atoms with E-state index >= 15 is 0 Å². The van der Waals surface area contributed by atoms with Gasteiger partial charge in [-0.05, 0) is 25.2 Å². The first-order chi connectivity index (χ1) is 7.97. The van der Waals surface area contributed by atoms with E-state index in [1.54, 1.807) is 4.31 Å². The number of hydrogen-bond acceptors (Lipinski definition) is 2. The number of halogens is 1. The van der Waals surface area contributed by atoms with Gasteiger partial charge < -0.3 is 0 Å². The lowest BCUT2D eigenvalue weighted by Crippen LogP contribution is -2.41. The fraction of sp³-hybridized carbons (Fsp3) is 1.00. The molecule has 102 valence electrons. The first kappa shape index (κ1) is 15.4. The number of sulfonamides is 1. The third-order valence-corrected chi connectivity index (χ3v) is 5.65. The third kappa shape index (κ3) is 4.87. The van der Waals surface area contributed by atoms with E-state index in [0.717, 1.165) is 24.6 Å². The second kappa shape index (κ2) is 7.10. The van der Waals surface area contributed by atoms with E-state index in [-0.39, 0.29) is 6.04 Å². The Hall–Kier alpha value is 0.390. The standard InChI is InChI=1S/C12H24BrNO2S/c1-11(2)7-10-17(15,16)14(9-8-13)12-5-3-4-6-12/h11-12H,3-10H2,1-2H3. The van der Waals surface area contributed by atoms with Crippen LogP contribution in [0.2, 0.25) is 0 Å². The zero-order valence-corrected chi connectivity index (χ0v) is 13.3. The van der Waals surface area contributed by atoms with Crippen molar-refractivity contribution in [2.24, 2.45) is 5.92 Å². The SMILES string of the molecule is CC(C)CCS(=O)(=O)N(CCBr)C1CCCC1. The minimum Gasteiger partial charge on any atom is -0.212 e. The van der Waals surface area contributed by atoms with Crippen molar-refractivity contribution < 1.29 is 8.42 Å². The van der Waals surface area contributed by atoms with Crippen LogP contribution in [0.3, 0.4) is 0 Å². The van der Waals surface area contributed by atoms with Crippen molar-refractivity contribution in [3.8, 4) is 0 Å². The van der Waals surface area contributed by atoms with Crippen molar-refractivity contribution in [1.82, 2.24) is 4.31 Å². The van der Waals surface area contributed by atoms with E-state index in [9.17, 15) is 8.42 Å². The number of nitrogens with zero attached hydrogens (tertiary/aromatic N) is 1. The summed E-state index contributed by atoms with van der Waals surface area (Å²) >= 11 is 3.36. The molecule has 0 spiro atoms. The van der Waals surface area contributed by atoms with Crippen LogP contribution in [0.1, 0.15) is 46.0 Å². The highest BCUT2D eigenvalue weighted by Crippen LogP contribution is 2.26. The van der Waals surface area contributed by atoms with E-state index in [2.05, 4.69) is 29.8 Å². The second-order valence-electron chi connectivity index (χ2n) is 5.24. The van der Waals surface area contributed by atoms with Gasteiger partial charge in [-0.3, -0.25) is 0 Å². The average molecular weight is 326 g/mol. The molecule has 0 bridgehead atoms. The molecule has 0 N–H and O–H groups in total. The molecule has 0 aromatic heterocycles. The van der Waals surface area contributed by atoms with Crippen LogP contribution in [-0.4, -0.2) is 36.4 Å². The van der Waals surface area contributed by atoms with E-state index < -0.39 is 10.0 Å². The summed E-state index contributed by atoms with van der Waals surface area (Å²) in [5, 5.41) is 0.727. The van der Waals surface area contributed by atoms with Crippen molar-refractivity contribution in [2.75, 3.05) is 17.6 Å². The summed E-state index contributed by atoms with van der Waals surface area (Å²) in [5.74, 6) is 0.743. The fourth-order valence-electron chi connectivity index (χ4n) is 2.33. The van der Waals surface area contributed by atoms with Crippen LogP contribution in [-0.2, 0) is 10.0 Å². The van der Waals surface area contributed by atoms with Gasteiger partial charge in [0.2, 0.25) is 10.0 Å². The van der Waals surface area contributed by atoms with Crippen LogP contribution < -0.4 is 0 Å². The Morgan fingerprint density at radius 1 is 1.29 bits per heavy atom. The summed E-state index contributed by atoms with van der Waals surface area (Å²) < 4.78 is 26.4. The summed E-state index contributed by atoms with van der Waals surface area (Å²) in [6.07, 6.45) is 5.17. The lowest BCUT2D eigenvalue weighted by atomic mass is 10.2. The van der Waals surface area contributed by atoms with Crippen LogP contribution in [0, 0.1) is 5.92 Å². The molecule has 0 saturated heterocycles. The van der Waals surface area contributed by atoms with Gasteiger partial charge in [-0.25, -0.2) is 8.42 Å². The Morgan fingerprint density at radius 3 is 2.35 bits per heavy atom. The highest BCUT2D eigenvalue weighted by atomic mass is 79.9. The lowest BCUT2D eigenvalue weighted by molar-refractivity contribution is 0.336. The molecule has 1 aliphatic rings. The molecule has 17 heavy (non-hydrogen) atoms. The smallest absolute Gasteiger partial charge is 0.212 e. The van der Waals surface area contributed by atoms with Gasteiger partial charge in [0.15, 0.2) is 0 Å². The van der Waals surface area contributed by atoms with Crippen molar-refractivity contribution in [3.63, 3.8) is 0 Å². The van der Waals surface area contributed by atoms with Gasteiger partial charge in [-0.2, -0.15) is 4.31 Å². The Labute approximate surface area is 114 Å². The van der Waals surface area contributed by atoms with Gasteiger partial charge in [-0.15, -0.1) is 0 Å². The molecular formula is C12H24BrNO2S. The zero-order chi connectivity index (χ0) is 12.9. The number of alkyl halides is 1. The van der Waals surface area contributed by atoms with Gasteiger partial charge in [-0.1, -0.05) is 42.6 Å². The molecule has 1 saturated carbocycles. The monoisotopic (exact) mass is 325 g/mol. The maximum Gasteiger partial charge on any atom is 0.214 e. The van der Waals surface area contributed by atoms with Gasteiger partial charge >= 0.3 is 0 Å². The molecule has 0 unspecified atom stereocenters. The molecule has 0 aromatic carbocycles. The second-order valence-corrected chi connectivity index (χ2v) is 8.07. The van der Waals surface area contributed by atoms with Crippen LogP contribution in [0.5, 0.6) is 0 Å². The fourth-order valence-corrected chi connectivity index (χ4v) is 4.98.